The number of hydrogen-bond donors (Lipinski definition) is 2. The average molecular weight is 427 g/mol. The van der Waals surface area contributed by atoms with Crippen molar-refractivity contribution in [2.24, 2.45) is 5.73 Å². The Morgan fingerprint density at radius 2 is 2.26 bits per heavy atom. The van der Waals surface area contributed by atoms with Gasteiger partial charge in [0, 0.05) is 30.3 Å². The minimum atomic E-state index is -0.448. The normalized spacial score (nSPS) is 16.1. The number of hydrogen-bond acceptors (Lipinski definition) is 7. The van der Waals surface area contributed by atoms with E-state index in [1.807, 2.05) is 13.8 Å². The number of nitrogens with one attached hydrogen (secondary N) is 1. The van der Waals surface area contributed by atoms with E-state index in [2.05, 4.69) is 15.4 Å². The second kappa shape index (κ2) is 8.50. The number of benzene rings is 1. The van der Waals surface area contributed by atoms with Gasteiger partial charge in [-0.2, -0.15) is 5.10 Å². The van der Waals surface area contributed by atoms with Crippen molar-refractivity contribution in [2.45, 2.75) is 45.8 Å². The maximum absolute atomic E-state index is 14.2. The fraction of sp³-hybridized carbons (Fsp3) is 0.409. The lowest BCUT2D eigenvalue weighted by Gasteiger charge is -2.19. The van der Waals surface area contributed by atoms with E-state index >= 15 is 0 Å². The van der Waals surface area contributed by atoms with Crippen molar-refractivity contribution < 1.29 is 18.7 Å². The minimum absolute atomic E-state index is 0.149. The molecule has 0 aliphatic carbocycles. The number of carbonyl (C=O) groups excluding carboxylic acids is 1. The summed E-state index contributed by atoms with van der Waals surface area (Å²) in [5.74, 6) is 0.429. The summed E-state index contributed by atoms with van der Waals surface area (Å²) in [6.45, 7) is 6.22. The molecule has 0 bridgehead atoms. The quantitative estimate of drug-likeness (QED) is 0.559. The highest BCUT2D eigenvalue weighted by atomic mass is 19.1. The maximum atomic E-state index is 14.2. The number of aryl methyl sites for hydroxylation is 1. The van der Waals surface area contributed by atoms with E-state index in [1.165, 1.54) is 12.1 Å². The third-order valence-electron chi connectivity index (χ3n) is 5.36. The molecule has 2 aromatic heterocycles. The van der Waals surface area contributed by atoms with Crippen molar-refractivity contribution in [3.63, 3.8) is 0 Å². The summed E-state index contributed by atoms with van der Waals surface area (Å²) in [5.41, 5.74) is 8.65. The van der Waals surface area contributed by atoms with Crippen LogP contribution >= 0.6 is 0 Å². The van der Waals surface area contributed by atoms with E-state index in [0.29, 0.717) is 53.4 Å². The van der Waals surface area contributed by atoms with Crippen molar-refractivity contribution >= 4 is 17.4 Å². The van der Waals surface area contributed by atoms with E-state index in [9.17, 15) is 9.18 Å². The largest absolute Gasteiger partial charge is 0.488 e. The van der Waals surface area contributed by atoms with Gasteiger partial charge in [-0.3, -0.25) is 0 Å². The number of carbonyl (C=O) groups is 1. The molecule has 1 aromatic carbocycles. The molecule has 4 rings (SSSR count). The Morgan fingerprint density at radius 3 is 2.97 bits per heavy atom. The van der Waals surface area contributed by atoms with Crippen molar-refractivity contribution in [1.82, 2.24) is 14.6 Å². The molecule has 0 saturated heterocycles. The fourth-order valence-corrected chi connectivity index (χ4v) is 3.89. The predicted octanol–water partition coefficient (Wildman–Crippen LogP) is 3.04. The summed E-state index contributed by atoms with van der Waals surface area (Å²) in [4.78, 5) is 17.1. The second-order valence-electron chi connectivity index (χ2n) is 7.51. The second-order valence-corrected chi connectivity index (χ2v) is 7.51. The Bertz CT molecular complexity index is 1130. The van der Waals surface area contributed by atoms with Crippen LogP contribution in [-0.4, -0.2) is 39.8 Å². The van der Waals surface area contributed by atoms with Gasteiger partial charge in [-0.1, -0.05) is 6.92 Å². The van der Waals surface area contributed by atoms with E-state index in [1.54, 1.807) is 23.7 Å². The first-order valence-corrected chi connectivity index (χ1v) is 10.5. The van der Waals surface area contributed by atoms with Crippen LogP contribution < -0.4 is 15.8 Å². The fourth-order valence-electron chi connectivity index (χ4n) is 3.89. The highest BCUT2D eigenvalue weighted by Gasteiger charge is 2.28. The Balaban J connectivity index is 1.67. The molecule has 3 heterocycles. The first kappa shape index (κ1) is 21.0. The van der Waals surface area contributed by atoms with Crippen LogP contribution in [0.5, 0.6) is 5.75 Å². The monoisotopic (exact) mass is 427 g/mol. The van der Waals surface area contributed by atoms with Gasteiger partial charge in [0.15, 0.2) is 5.65 Å². The van der Waals surface area contributed by atoms with Gasteiger partial charge in [-0.15, -0.1) is 0 Å². The average Bonchev–Trinajstić information content (AvgIpc) is 3.33. The lowest BCUT2D eigenvalue weighted by Crippen LogP contribution is -2.24. The Morgan fingerprint density at radius 1 is 1.45 bits per heavy atom. The summed E-state index contributed by atoms with van der Waals surface area (Å²) in [7, 11) is 0. The molecule has 8 nitrogen and oxygen atoms in total. The number of rotatable bonds is 7. The summed E-state index contributed by atoms with van der Waals surface area (Å²) in [5, 5.41) is 7.72. The Hall–Kier alpha value is -3.20. The summed E-state index contributed by atoms with van der Waals surface area (Å²) in [6.07, 6.45) is 2.75. The van der Waals surface area contributed by atoms with E-state index in [-0.39, 0.29) is 24.6 Å². The van der Waals surface area contributed by atoms with Crippen LogP contribution in [0.4, 0.5) is 10.2 Å². The van der Waals surface area contributed by atoms with Crippen LogP contribution in [0.15, 0.2) is 24.4 Å². The highest BCUT2D eigenvalue weighted by molar-refractivity contribution is 5.97. The molecule has 0 saturated carbocycles. The van der Waals surface area contributed by atoms with Crippen molar-refractivity contribution in [1.29, 1.82) is 0 Å². The number of anilines is 1. The Kier molecular flexibility index (Phi) is 5.77. The number of nitrogens with zero attached hydrogens (tertiary/aromatic N) is 3. The molecule has 0 spiro atoms. The number of esters is 1. The SMILES string of the molecule is CCOC(=O)c1c(CC)nn2ccc(NC(C)c3cc(F)cc4c3OC(CN)C4)nc12. The van der Waals surface area contributed by atoms with Crippen LogP contribution in [0.3, 0.4) is 0 Å². The molecule has 1 aliphatic heterocycles. The van der Waals surface area contributed by atoms with Crippen molar-refractivity contribution in [3.8, 4) is 5.75 Å². The first-order chi connectivity index (χ1) is 14.9. The van der Waals surface area contributed by atoms with Gasteiger partial charge in [0.05, 0.1) is 18.3 Å². The van der Waals surface area contributed by atoms with Gasteiger partial charge in [0.1, 0.15) is 29.1 Å². The summed E-state index contributed by atoms with van der Waals surface area (Å²) in [6, 6.07) is 4.42. The molecule has 2 unspecified atom stereocenters. The van der Waals surface area contributed by atoms with Crippen LogP contribution in [0, 0.1) is 5.82 Å². The number of ether oxygens (including phenoxy) is 2. The van der Waals surface area contributed by atoms with Gasteiger partial charge < -0.3 is 20.5 Å². The topological polar surface area (TPSA) is 104 Å². The molecular weight excluding hydrogens is 401 g/mol. The lowest BCUT2D eigenvalue weighted by molar-refractivity contribution is 0.0527. The molecule has 9 heteroatoms. The van der Waals surface area contributed by atoms with E-state index in [4.69, 9.17) is 15.2 Å². The van der Waals surface area contributed by atoms with Crippen LogP contribution in [0.25, 0.3) is 5.65 Å². The zero-order valence-corrected chi connectivity index (χ0v) is 17.8. The molecule has 0 fully saturated rings. The molecular formula is C22H26FN5O3. The van der Waals surface area contributed by atoms with E-state index < -0.39 is 5.97 Å². The van der Waals surface area contributed by atoms with Gasteiger partial charge in [-0.25, -0.2) is 18.7 Å². The van der Waals surface area contributed by atoms with Gasteiger partial charge >= 0.3 is 5.97 Å². The van der Waals surface area contributed by atoms with Gasteiger partial charge in [-0.05, 0) is 38.5 Å². The van der Waals surface area contributed by atoms with E-state index in [0.717, 1.165) is 5.56 Å². The van der Waals surface area contributed by atoms with Gasteiger partial charge in [0.25, 0.3) is 0 Å². The zero-order chi connectivity index (χ0) is 22.1. The molecule has 0 amide bonds. The first-order valence-electron chi connectivity index (χ1n) is 10.5. The van der Waals surface area contributed by atoms with Crippen molar-refractivity contribution in [3.05, 3.63) is 52.6 Å². The number of fused-ring (bicyclic) bond motifs is 2. The lowest BCUT2D eigenvalue weighted by atomic mass is 10.0. The number of aromatic nitrogens is 3. The highest BCUT2D eigenvalue weighted by Crippen LogP contribution is 2.37. The summed E-state index contributed by atoms with van der Waals surface area (Å²) < 4.78 is 26.9. The summed E-state index contributed by atoms with van der Waals surface area (Å²) >= 11 is 0. The molecule has 3 aromatic rings. The Labute approximate surface area is 179 Å². The van der Waals surface area contributed by atoms with Crippen molar-refractivity contribution in [2.75, 3.05) is 18.5 Å². The van der Waals surface area contributed by atoms with Crippen LogP contribution in [0.1, 0.15) is 54.0 Å². The third-order valence-corrected chi connectivity index (χ3v) is 5.36. The molecule has 164 valence electrons. The van der Waals surface area contributed by atoms with Crippen LogP contribution in [-0.2, 0) is 17.6 Å². The minimum Gasteiger partial charge on any atom is -0.488 e. The third kappa shape index (κ3) is 3.93. The molecule has 0 radical (unpaired) electrons. The molecule has 31 heavy (non-hydrogen) atoms. The molecule has 1 aliphatic rings. The van der Waals surface area contributed by atoms with Gasteiger partial charge in [0.2, 0.25) is 0 Å². The smallest absolute Gasteiger partial charge is 0.343 e. The standard InChI is InChI=1S/C22H26FN5O3/c1-4-17-19(22(29)30-5-2)21-26-18(6-7-28(21)27-17)25-12(3)16-10-14(23)8-13-9-15(11-24)31-20(13)16/h6-8,10,12,15H,4-5,9,11,24H2,1-3H3,(H,25,26). The predicted molar refractivity (Wildman–Crippen MR) is 114 cm³/mol. The number of halogens is 1. The maximum Gasteiger partial charge on any atom is 0.343 e. The van der Waals surface area contributed by atoms with Crippen LogP contribution in [0.2, 0.25) is 0 Å². The number of nitrogens with two attached hydrogens (primary N) is 1. The molecule has 2 atom stereocenters. The molecule has 3 N–H and O–H groups in total. The zero-order valence-electron chi connectivity index (χ0n) is 17.8.